The van der Waals surface area contributed by atoms with Crippen LogP contribution < -0.4 is 0 Å². The fraction of sp³-hybridized carbons (Fsp3) is 0.429. The SMILES string of the molecule is CO/C(=C(/C)C(C)(C)C)c1cccc(O)c1. The van der Waals surface area contributed by atoms with Gasteiger partial charge < -0.3 is 9.84 Å². The van der Waals surface area contributed by atoms with Crippen molar-refractivity contribution in [2.24, 2.45) is 5.41 Å². The van der Waals surface area contributed by atoms with Crippen molar-refractivity contribution in [2.75, 3.05) is 7.11 Å². The molecule has 0 aliphatic rings. The zero-order valence-corrected chi connectivity index (χ0v) is 10.7. The number of phenolic OH excluding ortho intramolecular Hbond substituents is 1. The van der Waals surface area contributed by atoms with Gasteiger partial charge in [0.15, 0.2) is 0 Å². The van der Waals surface area contributed by atoms with Gasteiger partial charge in [0.2, 0.25) is 0 Å². The molecular weight excluding hydrogens is 200 g/mol. The molecule has 1 aromatic rings. The largest absolute Gasteiger partial charge is 0.508 e. The molecule has 0 saturated carbocycles. The topological polar surface area (TPSA) is 29.5 Å². The van der Waals surface area contributed by atoms with E-state index in [0.717, 1.165) is 11.3 Å². The highest BCUT2D eigenvalue weighted by Gasteiger charge is 2.19. The second kappa shape index (κ2) is 4.60. The van der Waals surface area contributed by atoms with Crippen LogP contribution in [0.15, 0.2) is 29.8 Å². The van der Waals surface area contributed by atoms with Gasteiger partial charge in [-0.1, -0.05) is 32.9 Å². The van der Waals surface area contributed by atoms with Crippen LogP contribution in [-0.4, -0.2) is 12.2 Å². The quantitative estimate of drug-likeness (QED) is 0.768. The lowest BCUT2D eigenvalue weighted by atomic mass is 9.85. The molecular formula is C14H20O2. The monoisotopic (exact) mass is 220 g/mol. The van der Waals surface area contributed by atoms with E-state index in [-0.39, 0.29) is 11.2 Å². The highest BCUT2D eigenvalue weighted by molar-refractivity contribution is 5.64. The molecule has 0 saturated heterocycles. The molecule has 0 heterocycles. The highest BCUT2D eigenvalue weighted by Crippen LogP contribution is 2.33. The summed E-state index contributed by atoms with van der Waals surface area (Å²) < 4.78 is 5.45. The van der Waals surface area contributed by atoms with E-state index < -0.39 is 0 Å². The molecule has 0 amide bonds. The molecule has 0 spiro atoms. The average molecular weight is 220 g/mol. The second-order valence-corrected chi connectivity index (χ2v) is 4.96. The fourth-order valence-corrected chi connectivity index (χ4v) is 1.48. The Labute approximate surface area is 97.6 Å². The molecule has 0 atom stereocenters. The Morgan fingerprint density at radius 2 is 1.88 bits per heavy atom. The van der Waals surface area contributed by atoms with E-state index in [0.29, 0.717) is 0 Å². The summed E-state index contributed by atoms with van der Waals surface area (Å²) in [6.07, 6.45) is 0. The number of phenols is 1. The standard InChI is InChI=1S/C14H20O2/c1-10(14(2,3)4)13(16-5)11-7-6-8-12(15)9-11/h6-9,15H,1-5H3/b13-10-. The summed E-state index contributed by atoms with van der Waals surface area (Å²) in [5.41, 5.74) is 2.13. The summed E-state index contributed by atoms with van der Waals surface area (Å²) in [5, 5.41) is 9.46. The van der Waals surface area contributed by atoms with Crippen LogP contribution in [-0.2, 0) is 4.74 Å². The predicted octanol–water partition coefficient (Wildman–Crippen LogP) is 3.82. The van der Waals surface area contributed by atoms with Crippen molar-refractivity contribution < 1.29 is 9.84 Å². The summed E-state index contributed by atoms with van der Waals surface area (Å²) >= 11 is 0. The molecule has 1 aromatic carbocycles. The Kier molecular flexibility index (Phi) is 3.63. The molecule has 2 nitrogen and oxygen atoms in total. The van der Waals surface area contributed by atoms with Gasteiger partial charge in [-0.2, -0.15) is 0 Å². The number of methoxy groups -OCH3 is 1. The van der Waals surface area contributed by atoms with Crippen LogP contribution in [0.25, 0.3) is 5.76 Å². The number of ether oxygens (including phenoxy) is 1. The number of rotatable bonds is 2. The van der Waals surface area contributed by atoms with Crippen molar-refractivity contribution in [3.05, 3.63) is 35.4 Å². The van der Waals surface area contributed by atoms with Gasteiger partial charge in [-0.05, 0) is 30.0 Å². The Morgan fingerprint density at radius 1 is 1.25 bits per heavy atom. The Balaban J connectivity index is 3.27. The highest BCUT2D eigenvalue weighted by atomic mass is 16.5. The minimum absolute atomic E-state index is 0.0524. The van der Waals surface area contributed by atoms with Crippen LogP contribution in [0.5, 0.6) is 5.75 Å². The van der Waals surface area contributed by atoms with E-state index in [1.54, 1.807) is 19.2 Å². The van der Waals surface area contributed by atoms with Crippen molar-refractivity contribution in [3.63, 3.8) is 0 Å². The lowest BCUT2D eigenvalue weighted by molar-refractivity contribution is 0.353. The third-order valence-electron chi connectivity index (χ3n) is 2.78. The maximum absolute atomic E-state index is 9.46. The minimum Gasteiger partial charge on any atom is -0.508 e. The van der Waals surface area contributed by atoms with Crippen molar-refractivity contribution >= 4 is 5.76 Å². The van der Waals surface area contributed by atoms with Gasteiger partial charge >= 0.3 is 0 Å². The Hall–Kier alpha value is -1.44. The van der Waals surface area contributed by atoms with Crippen molar-refractivity contribution in [3.8, 4) is 5.75 Å². The number of allylic oxidation sites excluding steroid dienone is 1. The molecule has 0 fully saturated rings. The molecule has 1 rings (SSSR count). The minimum atomic E-state index is 0.0524. The van der Waals surface area contributed by atoms with Gasteiger partial charge in [0.05, 0.1) is 7.11 Å². The summed E-state index contributed by atoms with van der Waals surface area (Å²) in [5.74, 6) is 1.09. The summed E-state index contributed by atoms with van der Waals surface area (Å²) in [4.78, 5) is 0. The normalized spacial score (nSPS) is 13.3. The zero-order chi connectivity index (χ0) is 12.3. The van der Waals surface area contributed by atoms with Gasteiger partial charge in [-0.25, -0.2) is 0 Å². The first-order valence-electron chi connectivity index (χ1n) is 5.41. The summed E-state index contributed by atoms with van der Waals surface area (Å²) in [6.45, 7) is 8.49. The van der Waals surface area contributed by atoms with Crippen LogP contribution in [0.1, 0.15) is 33.3 Å². The predicted molar refractivity (Wildman–Crippen MR) is 67.2 cm³/mol. The van der Waals surface area contributed by atoms with E-state index in [1.807, 2.05) is 12.1 Å². The number of aromatic hydroxyl groups is 1. The molecule has 0 bridgehead atoms. The van der Waals surface area contributed by atoms with E-state index in [4.69, 9.17) is 4.74 Å². The van der Waals surface area contributed by atoms with Gasteiger partial charge in [0, 0.05) is 5.56 Å². The van der Waals surface area contributed by atoms with Crippen LogP contribution in [0, 0.1) is 5.41 Å². The first kappa shape index (κ1) is 12.6. The van der Waals surface area contributed by atoms with E-state index in [1.165, 1.54) is 5.57 Å². The molecule has 0 aliphatic carbocycles. The van der Waals surface area contributed by atoms with Gasteiger partial charge in [-0.3, -0.25) is 0 Å². The maximum Gasteiger partial charge on any atom is 0.125 e. The number of benzene rings is 1. The third kappa shape index (κ3) is 2.78. The smallest absolute Gasteiger partial charge is 0.125 e. The first-order valence-corrected chi connectivity index (χ1v) is 5.41. The van der Waals surface area contributed by atoms with Gasteiger partial charge in [0.1, 0.15) is 11.5 Å². The van der Waals surface area contributed by atoms with Crippen molar-refractivity contribution in [1.82, 2.24) is 0 Å². The third-order valence-corrected chi connectivity index (χ3v) is 2.78. The summed E-state index contributed by atoms with van der Waals surface area (Å²) in [6, 6.07) is 7.13. The molecule has 1 N–H and O–H groups in total. The molecule has 88 valence electrons. The van der Waals surface area contributed by atoms with E-state index in [2.05, 4.69) is 27.7 Å². The van der Waals surface area contributed by atoms with Crippen molar-refractivity contribution in [1.29, 1.82) is 0 Å². The average Bonchev–Trinajstić information content (AvgIpc) is 2.17. The van der Waals surface area contributed by atoms with Gasteiger partial charge in [-0.15, -0.1) is 0 Å². The zero-order valence-electron chi connectivity index (χ0n) is 10.7. The number of hydrogen-bond donors (Lipinski definition) is 1. The van der Waals surface area contributed by atoms with Crippen LogP contribution in [0.2, 0.25) is 0 Å². The lowest BCUT2D eigenvalue weighted by Gasteiger charge is -2.23. The van der Waals surface area contributed by atoms with Crippen molar-refractivity contribution in [2.45, 2.75) is 27.7 Å². The Bertz CT molecular complexity index is 397. The van der Waals surface area contributed by atoms with Crippen LogP contribution >= 0.6 is 0 Å². The van der Waals surface area contributed by atoms with E-state index >= 15 is 0 Å². The summed E-state index contributed by atoms with van der Waals surface area (Å²) in [7, 11) is 1.66. The molecule has 16 heavy (non-hydrogen) atoms. The van der Waals surface area contributed by atoms with E-state index in [9.17, 15) is 5.11 Å². The first-order chi connectivity index (χ1) is 7.36. The van der Waals surface area contributed by atoms with Crippen LogP contribution in [0.4, 0.5) is 0 Å². The second-order valence-electron chi connectivity index (χ2n) is 4.96. The lowest BCUT2D eigenvalue weighted by Crippen LogP contribution is -2.10. The van der Waals surface area contributed by atoms with Gasteiger partial charge in [0.25, 0.3) is 0 Å². The molecule has 0 unspecified atom stereocenters. The maximum atomic E-state index is 9.46. The molecule has 2 heteroatoms. The number of hydrogen-bond acceptors (Lipinski definition) is 2. The fourth-order valence-electron chi connectivity index (χ4n) is 1.48. The molecule has 0 aliphatic heterocycles. The van der Waals surface area contributed by atoms with Crippen LogP contribution in [0.3, 0.4) is 0 Å². The molecule has 0 aromatic heterocycles. The molecule has 0 radical (unpaired) electrons. The Morgan fingerprint density at radius 3 is 2.31 bits per heavy atom.